The zero-order valence-electron chi connectivity index (χ0n) is 12.6. The highest BCUT2D eigenvalue weighted by Gasteiger charge is 2.45. The number of rotatable bonds is 3. The fourth-order valence-corrected chi connectivity index (χ4v) is 3.51. The summed E-state index contributed by atoms with van der Waals surface area (Å²) in [7, 11) is 1.73. The van der Waals surface area contributed by atoms with Crippen molar-refractivity contribution in [1.82, 2.24) is 20.0 Å². The van der Waals surface area contributed by atoms with Gasteiger partial charge in [-0.3, -0.25) is 9.48 Å². The van der Waals surface area contributed by atoms with Crippen LogP contribution in [0.3, 0.4) is 0 Å². The molecule has 1 unspecified atom stereocenters. The van der Waals surface area contributed by atoms with Gasteiger partial charge in [-0.15, -0.1) is 0 Å². The Balaban J connectivity index is 1.84. The first kappa shape index (κ1) is 14.5. The van der Waals surface area contributed by atoms with Gasteiger partial charge in [0.2, 0.25) is 0 Å². The van der Waals surface area contributed by atoms with E-state index in [1.165, 1.54) is 0 Å². The summed E-state index contributed by atoms with van der Waals surface area (Å²) in [6.07, 6.45) is 7.48. The van der Waals surface area contributed by atoms with Crippen molar-refractivity contribution in [2.45, 2.75) is 37.3 Å². The highest BCUT2D eigenvalue weighted by molar-refractivity contribution is 5.84. The lowest BCUT2D eigenvalue weighted by molar-refractivity contribution is -0.146. The average Bonchev–Trinajstić information content (AvgIpc) is 3.10. The maximum absolute atomic E-state index is 13.2. The lowest BCUT2D eigenvalue weighted by Gasteiger charge is -2.42. The molecule has 0 bridgehead atoms. The summed E-state index contributed by atoms with van der Waals surface area (Å²) >= 11 is 0. The van der Waals surface area contributed by atoms with Crippen LogP contribution < -0.4 is 5.32 Å². The van der Waals surface area contributed by atoms with Crippen molar-refractivity contribution < 1.29 is 9.53 Å². The number of likely N-dealkylation sites (tertiary alicyclic amines) is 1. The molecular formula is C15H24N4O2. The van der Waals surface area contributed by atoms with Gasteiger partial charge < -0.3 is 15.0 Å². The fourth-order valence-electron chi connectivity index (χ4n) is 3.51. The summed E-state index contributed by atoms with van der Waals surface area (Å²) in [6, 6.07) is 1.89. The number of methoxy groups -OCH3 is 1. The number of amides is 1. The van der Waals surface area contributed by atoms with Crippen LogP contribution in [0.5, 0.6) is 0 Å². The van der Waals surface area contributed by atoms with Crippen molar-refractivity contribution in [3.63, 3.8) is 0 Å². The van der Waals surface area contributed by atoms with Crippen molar-refractivity contribution in [3.8, 4) is 0 Å². The smallest absolute Gasteiger partial charge is 0.250 e. The monoisotopic (exact) mass is 292 g/mol. The number of hydrogen-bond donors (Lipinski definition) is 1. The van der Waals surface area contributed by atoms with Gasteiger partial charge in [0, 0.05) is 32.6 Å². The molecule has 2 aliphatic rings. The molecule has 116 valence electrons. The van der Waals surface area contributed by atoms with Crippen LogP contribution in [-0.2, 0) is 15.1 Å². The van der Waals surface area contributed by atoms with E-state index in [4.69, 9.17) is 4.74 Å². The molecule has 21 heavy (non-hydrogen) atoms. The number of ether oxygens (including phenoxy) is 1. The zero-order valence-corrected chi connectivity index (χ0v) is 12.6. The Morgan fingerprint density at radius 2 is 2.24 bits per heavy atom. The molecule has 3 heterocycles. The third kappa shape index (κ3) is 2.70. The van der Waals surface area contributed by atoms with Gasteiger partial charge in [0.1, 0.15) is 5.54 Å². The molecule has 0 aromatic carbocycles. The Kier molecular flexibility index (Phi) is 4.26. The quantitative estimate of drug-likeness (QED) is 0.886. The van der Waals surface area contributed by atoms with Gasteiger partial charge in [0.25, 0.3) is 5.91 Å². The predicted molar refractivity (Wildman–Crippen MR) is 78.9 cm³/mol. The number of nitrogens with one attached hydrogen (secondary N) is 1. The summed E-state index contributed by atoms with van der Waals surface area (Å²) in [5, 5.41) is 7.72. The van der Waals surface area contributed by atoms with Gasteiger partial charge in [-0.1, -0.05) is 0 Å². The van der Waals surface area contributed by atoms with Gasteiger partial charge in [-0.25, -0.2) is 0 Å². The van der Waals surface area contributed by atoms with Gasteiger partial charge in [0.05, 0.1) is 6.10 Å². The molecule has 6 heteroatoms. The van der Waals surface area contributed by atoms with E-state index in [1.54, 1.807) is 13.3 Å². The number of nitrogens with zero attached hydrogens (tertiary/aromatic N) is 3. The highest BCUT2D eigenvalue weighted by atomic mass is 16.5. The molecule has 2 aliphatic heterocycles. The number of hydrogen-bond acceptors (Lipinski definition) is 4. The third-order valence-corrected chi connectivity index (χ3v) is 4.77. The Labute approximate surface area is 125 Å². The van der Waals surface area contributed by atoms with Gasteiger partial charge in [-0.2, -0.15) is 5.10 Å². The lowest BCUT2D eigenvalue weighted by atomic mass is 9.86. The summed E-state index contributed by atoms with van der Waals surface area (Å²) in [5.41, 5.74) is -0.523. The van der Waals surface area contributed by atoms with Gasteiger partial charge in [0.15, 0.2) is 0 Å². The largest absolute Gasteiger partial charge is 0.380 e. The maximum atomic E-state index is 13.2. The van der Waals surface area contributed by atoms with E-state index in [0.29, 0.717) is 6.54 Å². The SMILES string of the molecule is COC1CCCN(C(=O)C2(n3cccn3)CCNCC2)C1. The fraction of sp³-hybridized carbons (Fsp3) is 0.733. The second kappa shape index (κ2) is 6.15. The van der Waals surface area contributed by atoms with E-state index in [1.807, 2.05) is 21.8 Å². The molecular weight excluding hydrogens is 268 g/mol. The second-order valence-corrected chi connectivity index (χ2v) is 5.98. The van der Waals surface area contributed by atoms with Crippen molar-refractivity contribution in [2.75, 3.05) is 33.3 Å². The Morgan fingerprint density at radius 1 is 1.43 bits per heavy atom. The molecule has 1 aromatic rings. The Hall–Kier alpha value is -1.40. The van der Waals surface area contributed by atoms with Crippen LogP contribution in [0.2, 0.25) is 0 Å². The van der Waals surface area contributed by atoms with Crippen molar-refractivity contribution >= 4 is 5.91 Å². The normalized spacial score (nSPS) is 25.8. The highest BCUT2D eigenvalue weighted by Crippen LogP contribution is 2.30. The number of piperidine rings is 2. The molecule has 0 aliphatic carbocycles. The molecule has 1 aromatic heterocycles. The van der Waals surface area contributed by atoms with Crippen LogP contribution in [0.25, 0.3) is 0 Å². The molecule has 0 saturated carbocycles. The first-order valence-electron chi connectivity index (χ1n) is 7.79. The second-order valence-electron chi connectivity index (χ2n) is 5.98. The molecule has 0 spiro atoms. The summed E-state index contributed by atoms with van der Waals surface area (Å²) < 4.78 is 7.32. The number of carbonyl (C=O) groups excluding carboxylic acids is 1. The molecule has 1 amide bonds. The molecule has 1 N–H and O–H groups in total. The summed E-state index contributed by atoms with van der Waals surface area (Å²) in [4.78, 5) is 15.2. The van der Waals surface area contributed by atoms with Crippen LogP contribution in [0.4, 0.5) is 0 Å². The van der Waals surface area contributed by atoms with E-state index in [-0.39, 0.29) is 12.0 Å². The lowest BCUT2D eigenvalue weighted by Crippen LogP contribution is -2.58. The Bertz CT molecular complexity index is 468. The molecule has 0 radical (unpaired) electrons. The zero-order chi connectivity index (χ0) is 14.7. The van der Waals surface area contributed by atoms with Gasteiger partial charge >= 0.3 is 0 Å². The van der Waals surface area contributed by atoms with Crippen molar-refractivity contribution in [2.24, 2.45) is 0 Å². The van der Waals surface area contributed by atoms with Crippen LogP contribution in [-0.4, -0.2) is 60.0 Å². The minimum absolute atomic E-state index is 0.166. The van der Waals surface area contributed by atoms with E-state index < -0.39 is 5.54 Å². The average molecular weight is 292 g/mol. The third-order valence-electron chi connectivity index (χ3n) is 4.77. The van der Waals surface area contributed by atoms with E-state index in [2.05, 4.69) is 10.4 Å². The molecule has 6 nitrogen and oxygen atoms in total. The first-order chi connectivity index (χ1) is 10.3. The standard InChI is InChI=1S/C15H24N4O2/c1-21-13-4-2-10-18(12-13)14(20)15(5-8-16-9-6-15)19-11-3-7-17-19/h3,7,11,13,16H,2,4-6,8-10,12H2,1H3. The molecule has 3 rings (SSSR count). The van der Waals surface area contributed by atoms with Crippen molar-refractivity contribution in [1.29, 1.82) is 0 Å². The first-order valence-corrected chi connectivity index (χ1v) is 7.79. The molecule has 2 saturated heterocycles. The van der Waals surface area contributed by atoms with E-state index >= 15 is 0 Å². The maximum Gasteiger partial charge on any atom is 0.250 e. The van der Waals surface area contributed by atoms with E-state index in [9.17, 15) is 4.79 Å². The van der Waals surface area contributed by atoms with Crippen LogP contribution in [0.15, 0.2) is 18.5 Å². The minimum Gasteiger partial charge on any atom is -0.380 e. The van der Waals surface area contributed by atoms with Crippen molar-refractivity contribution in [3.05, 3.63) is 18.5 Å². The topological polar surface area (TPSA) is 59.4 Å². The summed E-state index contributed by atoms with van der Waals surface area (Å²) in [5.74, 6) is 0.203. The molecule has 1 atom stereocenters. The Morgan fingerprint density at radius 3 is 2.90 bits per heavy atom. The molecule has 2 fully saturated rings. The predicted octanol–water partition coefficient (Wildman–Crippen LogP) is 0.599. The van der Waals surface area contributed by atoms with E-state index in [0.717, 1.165) is 45.3 Å². The number of carbonyl (C=O) groups is 1. The summed E-state index contributed by atoms with van der Waals surface area (Å²) in [6.45, 7) is 3.24. The number of aromatic nitrogens is 2. The minimum atomic E-state index is -0.523. The van der Waals surface area contributed by atoms with Crippen LogP contribution in [0.1, 0.15) is 25.7 Å². The van der Waals surface area contributed by atoms with Crippen LogP contribution >= 0.6 is 0 Å². The van der Waals surface area contributed by atoms with Gasteiger partial charge in [-0.05, 0) is 44.8 Å². The van der Waals surface area contributed by atoms with Crippen LogP contribution in [0, 0.1) is 0 Å².